The first kappa shape index (κ1) is 12.0. The van der Waals surface area contributed by atoms with Crippen molar-refractivity contribution in [1.29, 1.82) is 0 Å². The van der Waals surface area contributed by atoms with Crippen LogP contribution in [0.3, 0.4) is 0 Å². The Balaban J connectivity index is 1.95. The Labute approximate surface area is 110 Å². The van der Waals surface area contributed by atoms with E-state index in [-0.39, 0.29) is 17.1 Å². The van der Waals surface area contributed by atoms with Crippen LogP contribution in [0.25, 0.3) is 0 Å². The standard InChI is InChI=1S/C14H16FNOS/c15-10-5-4-6-11-12(10)18-9-14(13(17)16-11)7-2-1-3-8-14/h4-6H,1-3,7-9H2,(H,16,17). The predicted octanol–water partition coefficient (Wildman–Crippen LogP) is 3.82. The Morgan fingerprint density at radius 1 is 1.22 bits per heavy atom. The summed E-state index contributed by atoms with van der Waals surface area (Å²) in [6.45, 7) is 0. The van der Waals surface area contributed by atoms with E-state index in [1.165, 1.54) is 24.2 Å². The number of carbonyl (C=O) groups excluding carboxylic acids is 1. The molecule has 3 rings (SSSR count). The number of thioether (sulfide) groups is 1. The van der Waals surface area contributed by atoms with E-state index in [0.29, 0.717) is 16.3 Å². The summed E-state index contributed by atoms with van der Waals surface area (Å²) in [5.74, 6) is 0.553. The zero-order valence-corrected chi connectivity index (χ0v) is 11.0. The maximum atomic E-state index is 13.8. The average Bonchev–Trinajstić information content (AvgIpc) is 2.51. The Morgan fingerprint density at radius 3 is 2.78 bits per heavy atom. The molecule has 0 unspecified atom stereocenters. The lowest BCUT2D eigenvalue weighted by Gasteiger charge is -2.33. The van der Waals surface area contributed by atoms with Crippen LogP contribution >= 0.6 is 11.8 Å². The molecule has 96 valence electrons. The monoisotopic (exact) mass is 265 g/mol. The molecule has 0 radical (unpaired) electrons. The quantitative estimate of drug-likeness (QED) is 0.772. The molecular formula is C14H16FNOS. The largest absolute Gasteiger partial charge is 0.324 e. The molecule has 1 saturated carbocycles. The number of hydrogen-bond donors (Lipinski definition) is 1. The van der Waals surface area contributed by atoms with Gasteiger partial charge in [-0.25, -0.2) is 4.39 Å². The molecule has 0 aromatic heterocycles. The molecule has 1 aromatic carbocycles. The lowest BCUT2D eigenvalue weighted by atomic mass is 9.75. The molecule has 4 heteroatoms. The third-order valence-electron chi connectivity index (χ3n) is 4.00. The number of anilines is 1. The first-order valence-electron chi connectivity index (χ1n) is 6.44. The zero-order valence-electron chi connectivity index (χ0n) is 10.2. The van der Waals surface area contributed by atoms with Crippen molar-refractivity contribution in [2.45, 2.75) is 37.0 Å². The molecule has 1 fully saturated rings. The van der Waals surface area contributed by atoms with Crippen LogP contribution in [0.5, 0.6) is 0 Å². The highest BCUT2D eigenvalue weighted by molar-refractivity contribution is 7.99. The first-order valence-corrected chi connectivity index (χ1v) is 7.43. The van der Waals surface area contributed by atoms with Gasteiger partial charge in [-0.1, -0.05) is 25.3 Å². The van der Waals surface area contributed by atoms with Crippen LogP contribution in [0.1, 0.15) is 32.1 Å². The summed E-state index contributed by atoms with van der Waals surface area (Å²) < 4.78 is 13.8. The van der Waals surface area contributed by atoms with E-state index in [2.05, 4.69) is 5.32 Å². The van der Waals surface area contributed by atoms with Crippen LogP contribution < -0.4 is 5.32 Å². The fourth-order valence-electron chi connectivity index (χ4n) is 2.88. The van der Waals surface area contributed by atoms with E-state index in [0.717, 1.165) is 25.7 Å². The summed E-state index contributed by atoms with van der Waals surface area (Å²) >= 11 is 1.49. The van der Waals surface area contributed by atoms with Gasteiger partial charge in [-0.3, -0.25) is 4.79 Å². The minimum Gasteiger partial charge on any atom is -0.324 e. The van der Waals surface area contributed by atoms with E-state index in [1.807, 2.05) is 0 Å². The fraction of sp³-hybridized carbons (Fsp3) is 0.500. The second-order valence-electron chi connectivity index (χ2n) is 5.20. The van der Waals surface area contributed by atoms with Gasteiger partial charge in [0.1, 0.15) is 5.82 Å². The molecule has 1 spiro atoms. The predicted molar refractivity (Wildman–Crippen MR) is 71.3 cm³/mol. The molecule has 0 saturated heterocycles. The molecule has 1 aliphatic carbocycles. The molecule has 1 heterocycles. The smallest absolute Gasteiger partial charge is 0.231 e. The van der Waals surface area contributed by atoms with E-state index < -0.39 is 0 Å². The minimum absolute atomic E-state index is 0.0825. The number of carbonyl (C=O) groups is 1. The van der Waals surface area contributed by atoms with Crippen molar-refractivity contribution in [2.75, 3.05) is 11.1 Å². The van der Waals surface area contributed by atoms with Crippen LogP contribution in [0.15, 0.2) is 23.1 Å². The lowest BCUT2D eigenvalue weighted by Crippen LogP contribution is -2.39. The molecule has 2 nitrogen and oxygen atoms in total. The number of benzene rings is 1. The Kier molecular flexibility index (Phi) is 3.06. The van der Waals surface area contributed by atoms with Gasteiger partial charge in [-0.15, -0.1) is 11.8 Å². The van der Waals surface area contributed by atoms with Crippen LogP contribution in [0.2, 0.25) is 0 Å². The van der Waals surface area contributed by atoms with Crippen LogP contribution in [0.4, 0.5) is 10.1 Å². The first-order chi connectivity index (χ1) is 8.71. The number of halogens is 1. The summed E-state index contributed by atoms with van der Waals surface area (Å²) in [5.41, 5.74) is 0.349. The third kappa shape index (κ3) is 1.92. The molecule has 0 atom stereocenters. The molecule has 2 aliphatic rings. The number of fused-ring (bicyclic) bond motifs is 1. The Hall–Kier alpha value is -1.03. The van der Waals surface area contributed by atoms with Gasteiger partial charge in [0.05, 0.1) is 16.0 Å². The van der Waals surface area contributed by atoms with Gasteiger partial charge in [0.15, 0.2) is 0 Å². The highest BCUT2D eigenvalue weighted by Gasteiger charge is 2.41. The highest BCUT2D eigenvalue weighted by Crippen LogP contribution is 2.46. The SMILES string of the molecule is O=C1Nc2cccc(F)c2SCC12CCCCC2. The van der Waals surface area contributed by atoms with Crippen molar-refractivity contribution in [3.05, 3.63) is 24.0 Å². The summed E-state index contributed by atoms with van der Waals surface area (Å²) in [4.78, 5) is 13.0. The van der Waals surface area contributed by atoms with Gasteiger partial charge in [-0.05, 0) is 25.0 Å². The van der Waals surface area contributed by atoms with Crippen molar-refractivity contribution >= 4 is 23.4 Å². The Morgan fingerprint density at radius 2 is 2.00 bits per heavy atom. The molecule has 1 amide bonds. The maximum absolute atomic E-state index is 13.8. The van der Waals surface area contributed by atoms with Crippen LogP contribution in [0, 0.1) is 11.2 Å². The van der Waals surface area contributed by atoms with Gasteiger partial charge in [-0.2, -0.15) is 0 Å². The van der Waals surface area contributed by atoms with Crippen molar-refractivity contribution in [2.24, 2.45) is 5.41 Å². The molecule has 1 aliphatic heterocycles. The molecule has 18 heavy (non-hydrogen) atoms. The van der Waals surface area contributed by atoms with E-state index >= 15 is 0 Å². The molecule has 1 N–H and O–H groups in total. The number of rotatable bonds is 0. The zero-order chi connectivity index (χ0) is 12.6. The summed E-state index contributed by atoms with van der Waals surface area (Å²) in [6.07, 6.45) is 5.28. The average molecular weight is 265 g/mol. The van der Waals surface area contributed by atoms with Gasteiger partial charge in [0.2, 0.25) is 5.91 Å². The van der Waals surface area contributed by atoms with Crippen LogP contribution in [-0.2, 0) is 4.79 Å². The number of nitrogens with one attached hydrogen (secondary N) is 1. The summed E-state index contributed by atoms with van der Waals surface area (Å²) in [7, 11) is 0. The molecular weight excluding hydrogens is 249 g/mol. The molecule has 0 bridgehead atoms. The van der Waals surface area contributed by atoms with Crippen molar-refractivity contribution in [3.63, 3.8) is 0 Å². The number of amides is 1. The highest BCUT2D eigenvalue weighted by atomic mass is 32.2. The topological polar surface area (TPSA) is 29.1 Å². The van der Waals surface area contributed by atoms with Crippen molar-refractivity contribution in [1.82, 2.24) is 0 Å². The fourth-order valence-corrected chi connectivity index (χ4v) is 4.21. The van der Waals surface area contributed by atoms with Crippen LogP contribution in [-0.4, -0.2) is 11.7 Å². The molecule has 1 aromatic rings. The van der Waals surface area contributed by atoms with Gasteiger partial charge in [0, 0.05) is 5.75 Å². The van der Waals surface area contributed by atoms with E-state index in [9.17, 15) is 9.18 Å². The third-order valence-corrected chi connectivity index (χ3v) is 5.40. The van der Waals surface area contributed by atoms with Gasteiger partial charge >= 0.3 is 0 Å². The Bertz CT molecular complexity index is 483. The van der Waals surface area contributed by atoms with E-state index in [1.54, 1.807) is 12.1 Å². The second-order valence-corrected chi connectivity index (χ2v) is 6.19. The van der Waals surface area contributed by atoms with Crippen molar-refractivity contribution in [3.8, 4) is 0 Å². The lowest BCUT2D eigenvalue weighted by molar-refractivity contribution is -0.126. The maximum Gasteiger partial charge on any atom is 0.231 e. The normalized spacial score (nSPS) is 22.2. The van der Waals surface area contributed by atoms with Crippen molar-refractivity contribution < 1.29 is 9.18 Å². The summed E-state index contributed by atoms with van der Waals surface area (Å²) in [6, 6.07) is 4.88. The summed E-state index contributed by atoms with van der Waals surface area (Å²) in [5, 5.41) is 2.92. The number of hydrogen-bond acceptors (Lipinski definition) is 2. The van der Waals surface area contributed by atoms with E-state index in [4.69, 9.17) is 0 Å². The van der Waals surface area contributed by atoms with Gasteiger partial charge in [0.25, 0.3) is 0 Å². The minimum atomic E-state index is -0.283. The second kappa shape index (κ2) is 4.57. The van der Waals surface area contributed by atoms with Gasteiger partial charge < -0.3 is 5.32 Å².